The van der Waals surface area contributed by atoms with Crippen LogP contribution in [0.2, 0.25) is 0 Å². The highest BCUT2D eigenvalue weighted by molar-refractivity contribution is 6.05. The van der Waals surface area contributed by atoms with Gasteiger partial charge in [-0.15, -0.1) is 0 Å². The van der Waals surface area contributed by atoms with Crippen LogP contribution in [0.25, 0.3) is 0 Å². The molecule has 2 aromatic carbocycles. The van der Waals surface area contributed by atoms with Crippen LogP contribution < -0.4 is 0 Å². The summed E-state index contributed by atoms with van der Waals surface area (Å²) < 4.78 is 0. The van der Waals surface area contributed by atoms with E-state index in [2.05, 4.69) is 67.4 Å². The Labute approximate surface area is 150 Å². The van der Waals surface area contributed by atoms with Crippen molar-refractivity contribution in [3.8, 4) is 0 Å². The summed E-state index contributed by atoms with van der Waals surface area (Å²) >= 11 is 0. The van der Waals surface area contributed by atoms with Gasteiger partial charge in [0.05, 0.1) is 24.9 Å². The number of aliphatic hydroxyl groups is 1. The van der Waals surface area contributed by atoms with Crippen molar-refractivity contribution in [2.75, 3.05) is 13.2 Å². The highest BCUT2D eigenvalue weighted by atomic mass is 16.3. The highest BCUT2D eigenvalue weighted by Crippen LogP contribution is 2.43. The van der Waals surface area contributed by atoms with Gasteiger partial charge in [-0.2, -0.15) is 5.10 Å². The summed E-state index contributed by atoms with van der Waals surface area (Å²) in [6, 6.07) is 17.9. The molecule has 1 heterocycles. The van der Waals surface area contributed by atoms with E-state index in [9.17, 15) is 5.11 Å². The second-order valence-corrected chi connectivity index (χ2v) is 7.44. The first-order valence-corrected chi connectivity index (χ1v) is 9.33. The molecule has 2 aromatic rings. The fraction of sp³-hybridized carbons (Fsp3) is 0.409. The third-order valence-corrected chi connectivity index (χ3v) is 5.58. The zero-order valence-electron chi connectivity index (χ0n) is 15.0. The number of aryl methyl sites for hydroxylation is 1. The Kier molecular flexibility index (Phi) is 4.34. The van der Waals surface area contributed by atoms with Crippen LogP contribution in [0.4, 0.5) is 0 Å². The Bertz CT molecular complexity index is 779. The number of fused-ring (bicyclic) bond motifs is 3. The zero-order valence-corrected chi connectivity index (χ0v) is 15.0. The largest absolute Gasteiger partial charge is 0.394 e. The summed E-state index contributed by atoms with van der Waals surface area (Å²) in [4.78, 5) is 0. The minimum Gasteiger partial charge on any atom is -0.394 e. The predicted molar refractivity (Wildman–Crippen MR) is 102 cm³/mol. The van der Waals surface area contributed by atoms with Crippen LogP contribution in [0.3, 0.4) is 0 Å². The van der Waals surface area contributed by atoms with Gasteiger partial charge in [-0.05, 0) is 35.4 Å². The molecule has 0 unspecified atom stereocenters. The monoisotopic (exact) mass is 334 g/mol. The zero-order chi connectivity index (χ0) is 17.4. The molecule has 1 N–H and O–H groups in total. The van der Waals surface area contributed by atoms with E-state index in [1.807, 2.05) is 0 Å². The van der Waals surface area contributed by atoms with Crippen molar-refractivity contribution in [3.63, 3.8) is 0 Å². The topological polar surface area (TPSA) is 35.8 Å². The van der Waals surface area contributed by atoms with Gasteiger partial charge in [-0.3, -0.25) is 5.01 Å². The average Bonchev–Trinajstić information content (AvgIpc) is 3.00. The molecule has 1 aliphatic carbocycles. The maximum Gasteiger partial charge on any atom is 0.0805 e. The van der Waals surface area contributed by atoms with Crippen molar-refractivity contribution in [1.82, 2.24) is 5.01 Å². The van der Waals surface area contributed by atoms with Crippen LogP contribution in [0.5, 0.6) is 0 Å². The van der Waals surface area contributed by atoms with Crippen molar-refractivity contribution in [1.29, 1.82) is 0 Å². The molecule has 3 nitrogen and oxygen atoms in total. The number of benzene rings is 2. The predicted octanol–water partition coefficient (Wildman–Crippen LogP) is 4.13. The fourth-order valence-corrected chi connectivity index (χ4v) is 4.25. The lowest BCUT2D eigenvalue weighted by molar-refractivity contribution is 0.152. The fourth-order valence-electron chi connectivity index (χ4n) is 4.25. The number of hydrazone groups is 1. The van der Waals surface area contributed by atoms with Crippen LogP contribution in [-0.2, 0) is 6.42 Å². The molecular weight excluding hydrogens is 308 g/mol. The van der Waals surface area contributed by atoms with Crippen molar-refractivity contribution in [2.45, 2.75) is 38.6 Å². The van der Waals surface area contributed by atoms with Gasteiger partial charge >= 0.3 is 0 Å². The van der Waals surface area contributed by atoms with Gasteiger partial charge in [0.2, 0.25) is 0 Å². The molecule has 1 aliphatic heterocycles. The molecule has 130 valence electrons. The molecule has 3 heteroatoms. The van der Waals surface area contributed by atoms with Crippen molar-refractivity contribution in [3.05, 3.63) is 70.8 Å². The Morgan fingerprint density at radius 3 is 2.60 bits per heavy atom. The maximum atomic E-state index is 9.53. The number of rotatable bonds is 4. The first-order chi connectivity index (χ1) is 12.2. The van der Waals surface area contributed by atoms with Gasteiger partial charge in [0.25, 0.3) is 0 Å². The van der Waals surface area contributed by atoms with Gasteiger partial charge in [0.15, 0.2) is 0 Å². The molecule has 0 saturated carbocycles. The lowest BCUT2D eigenvalue weighted by Gasteiger charge is -2.30. The molecule has 0 radical (unpaired) electrons. The third kappa shape index (κ3) is 2.87. The van der Waals surface area contributed by atoms with E-state index >= 15 is 0 Å². The van der Waals surface area contributed by atoms with Crippen molar-refractivity contribution < 1.29 is 5.11 Å². The number of hydrogen-bond donors (Lipinski definition) is 1. The highest BCUT2D eigenvalue weighted by Gasteiger charge is 2.40. The third-order valence-electron chi connectivity index (χ3n) is 5.58. The number of hydrogen-bond acceptors (Lipinski definition) is 3. The van der Waals surface area contributed by atoms with E-state index in [1.165, 1.54) is 28.0 Å². The second-order valence-electron chi connectivity index (χ2n) is 7.44. The molecule has 2 aliphatic rings. The first kappa shape index (κ1) is 16.3. The van der Waals surface area contributed by atoms with Gasteiger partial charge in [0, 0.05) is 11.5 Å². The van der Waals surface area contributed by atoms with E-state index in [0.717, 1.165) is 12.8 Å². The summed E-state index contributed by atoms with van der Waals surface area (Å²) in [6.07, 6.45) is 2.22. The Morgan fingerprint density at radius 1 is 1.12 bits per heavy atom. The Balaban J connectivity index is 1.71. The lowest BCUT2D eigenvalue weighted by Crippen LogP contribution is -2.30. The molecular formula is C22H26N2O. The molecule has 25 heavy (non-hydrogen) atoms. The number of nitrogens with zero attached hydrogens (tertiary/aromatic N) is 2. The quantitative estimate of drug-likeness (QED) is 0.913. The standard InChI is InChI=1S/C22H26N2O/c1-15(2)16-7-9-18(10-8-16)22-20-12-11-17-5-3-4-6-19(17)21(20)23-24(22)13-14-25/h3-10,15,20,22,25H,11-14H2,1-2H3/t20-,22-/m0/s1. The van der Waals surface area contributed by atoms with E-state index in [0.29, 0.717) is 18.4 Å². The Morgan fingerprint density at radius 2 is 1.88 bits per heavy atom. The van der Waals surface area contributed by atoms with E-state index in [4.69, 9.17) is 5.10 Å². The van der Waals surface area contributed by atoms with Gasteiger partial charge < -0.3 is 5.11 Å². The smallest absolute Gasteiger partial charge is 0.0805 e. The molecule has 4 rings (SSSR count). The molecule has 0 aromatic heterocycles. The molecule has 0 fully saturated rings. The summed E-state index contributed by atoms with van der Waals surface area (Å²) in [7, 11) is 0. The normalized spacial score (nSPS) is 21.9. The molecule has 2 atom stereocenters. The minimum atomic E-state index is 0.131. The van der Waals surface area contributed by atoms with Crippen LogP contribution in [0.1, 0.15) is 54.5 Å². The summed E-state index contributed by atoms with van der Waals surface area (Å²) in [6.45, 7) is 5.16. The van der Waals surface area contributed by atoms with Gasteiger partial charge in [0.1, 0.15) is 0 Å². The van der Waals surface area contributed by atoms with Crippen LogP contribution >= 0.6 is 0 Å². The van der Waals surface area contributed by atoms with Crippen LogP contribution in [-0.4, -0.2) is 29.0 Å². The average molecular weight is 334 g/mol. The second kappa shape index (κ2) is 6.64. The SMILES string of the molecule is CC(C)c1ccc([C@H]2[C@H]3CCc4ccccc4C3=NN2CCO)cc1. The number of aliphatic hydroxyl groups excluding tert-OH is 1. The lowest BCUT2D eigenvalue weighted by atomic mass is 9.77. The summed E-state index contributed by atoms with van der Waals surface area (Å²) in [5.41, 5.74) is 6.57. The molecule has 0 bridgehead atoms. The molecule has 0 saturated heterocycles. The Hall–Kier alpha value is -2.13. The molecule has 0 spiro atoms. The van der Waals surface area contributed by atoms with E-state index in [-0.39, 0.29) is 12.6 Å². The van der Waals surface area contributed by atoms with Gasteiger partial charge in [-0.1, -0.05) is 62.4 Å². The maximum absolute atomic E-state index is 9.53. The van der Waals surface area contributed by atoms with Crippen molar-refractivity contribution in [2.24, 2.45) is 11.0 Å². The van der Waals surface area contributed by atoms with Crippen LogP contribution in [0, 0.1) is 5.92 Å². The van der Waals surface area contributed by atoms with Crippen molar-refractivity contribution >= 4 is 5.71 Å². The number of β-amino-alcohol motifs (C(OH)–C–C–N with tert-alkyl or cyclic N) is 1. The van der Waals surface area contributed by atoms with Gasteiger partial charge in [-0.25, -0.2) is 0 Å². The summed E-state index contributed by atoms with van der Waals surface area (Å²) in [5.74, 6) is 0.950. The first-order valence-electron chi connectivity index (χ1n) is 9.33. The van der Waals surface area contributed by atoms with E-state index < -0.39 is 0 Å². The molecule has 0 amide bonds. The summed E-state index contributed by atoms with van der Waals surface area (Å²) in [5, 5.41) is 16.6. The van der Waals surface area contributed by atoms with Crippen LogP contribution in [0.15, 0.2) is 53.6 Å². The van der Waals surface area contributed by atoms with E-state index in [1.54, 1.807) is 0 Å². The minimum absolute atomic E-state index is 0.131.